The fourth-order valence-corrected chi connectivity index (χ4v) is 12.3. The third kappa shape index (κ3) is 6.57. The second kappa shape index (κ2) is 15.2. The molecule has 0 spiro atoms. The summed E-state index contributed by atoms with van der Waals surface area (Å²) in [6.45, 7) is 19.0. The van der Waals surface area contributed by atoms with E-state index in [9.17, 15) is 15.8 Å². The van der Waals surface area contributed by atoms with Crippen LogP contribution in [0.25, 0.3) is 0 Å². The van der Waals surface area contributed by atoms with E-state index in [4.69, 9.17) is 23.7 Å². The molecule has 8 aromatic carbocycles. The summed E-state index contributed by atoms with van der Waals surface area (Å²) >= 11 is 0. The summed E-state index contributed by atoms with van der Waals surface area (Å²) in [5, 5.41) is 31.2. The van der Waals surface area contributed by atoms with Crippen molar-refractivity contribution in [2.75, 3.05) is 4.90 Å². The van der Waals surface area contributed by atoms with Gasteiger partial charge in [-0.2, -0.15) is 15.8 Å². The molecule has 0 unspecified atom stereocenters. The number of hydrogen-bond donors (Lipinski definition) is 0. The van der Waals surface area contributed by atoms with E-state index in [0.29, 0.717) is 62.7 Å². The Morgan fingerprint density at radius 1 is 0.333 bits per heavy atom. The number of fused-ring (bicyclic) bond motifs is 12. The molecule has 12 heteroatoms. The van der Waals surface area contributed by atoms with Crippen LogP contribution in [0.15, 0.2) is 121 Å². The van der Waals surface area contributed by atoms with Crippen molar-refractivity contribution in [1.29, 1.82) is 15.8 Å². The van der Waals surface area contributed by atoms with Crippen LogP contribution in [0, 0.1) is 34.0 Å². The fraction of sp³-hybridized carbons (Fsp3) is 0.190. The first-order valence-electron chi connectivity index (χ1n) is 25.6. The number of ether oxygens (including phenoxy) is 5. The zero-order chi connectivity index (χ0) is 51.8. The summed E-state index contributed by atoms with van der Waals surface area (Å²) in [6.07, 6.45) is 0. The summed E-state index contributed by atoms with van der Waals surface area (Å²) in [5.41, 5.74) is 15.8. The normalized spacial score (nSPS) is 14.3. The Bertz CT molecular complexity index is 4070. The number of hydrogen-bond acceptors (Lipinski definition) is 9. The van der Waals surface area contributed by atoms with Crippen LogP contribution >= 0.6 is 0 Å². The van der Waals surface area contributed by atoms with Gasteiger partial charge in [-0.1, -0.05) is 111 Å². The Kier molecular flexibility index (Phi) is 9.07. The fourth-order valence-electron chi connectivity index (χ4n) is 12.3. The number of benzene rings is 8. The van der Waals surface area contributed by atoms with Crippen LogP contribution in [-0.2, 0) is 16.2 Å². The van der Waals surface area contributed by atoms with Gasteiger partial charge in [0, 0.05) is 40.1 Å². The van der Waals surface area contributed by atoms with Crippen molar-refractivity contribution in [1.82, 2.24) is 0 Å². The van der Waals surface area contributed by atoms with Crippen LogP contribution in [-0.4, -0.2) is 20.1 Å². The van der Waals surface area contributed by atoms with Gasteiger partial charge in [0.05, 0.1) is 34.9 Å². The van der Waals surface area contributed by atoms with Crippen LogP contribution < -0.4 is 77.7 Å². The Morgan fingerprint density at radius 3 is 1.13 bits per heavy atom. The van der Waals surface area contributed by atoms with Gasteiger partial charge in [0.2, 0.25) is 0 Å². The first kappa shape index (κ1) is 44.9. The van der Waals surface area contributed by atoms with Gasteiger partial charge < -0.3 is 28.6 Å². The van der Waals surface area contributed by atoms with Gasteiger partial charge in [0.15, 0.2) is 0 Å². The third-order valence-corrected chi connectivity index (χ3v) is 16.1. The monoisotopic (exact) mass is 972 g/mol. The van der Waals surface area contributed by atoms with E-state index >= 15 is 0 Å². The molecule has 0 saturated heterocycles. The van der Waals surface area contributed by atoms with E-state index in [1.807, 2.05) is 30.3 Å². The zero-order valence-corrected chi connectivity index (χ0v) is 43.1. The molecule has 358 valence electrons. The highest BCUT2D eigenvalue weighted by Gasteiger charge is 2.49. The minimum absolute atomic E-state index is 0.0748. The number of anilines is 3. The molecule has 0 aliphatic carbocycles. The SMILES string of the molecule is CC(C)(C)c1ccc(N2c3cc4c(cc3B3c5cc(C(C)(C)C)ccc5Oc5cc(C#N)cc2c53)B2c3cc5c(cc3Oc3cc(C#N)cc(c32)O4)Oc2cc(C#N)cc3c2B5c2cc(C(C)(C)C)ccc2O3)cc1. The van der Waals surface area contributed by atoms with Crippen molar-refractivity contribution < 1.29 is 23.7 Å². The van der Waals surface area contributed by atoms with Crippen molar-refractivity contribution in [3.63, 3.8) is 0 Å². The summed E-state index contributed by atoms with van der Waals surface area (Å²) in [6, 6.07) is 48.5. The van der Waals surface area contributed by atoms with E-state index in [1.165, 1.54) is 16.7 Å². The lowest BCUT2D eigenvalue weighted by Gasteiger charge is -2.42. The minimum Gasteiger partial charge on any atom is -0.458 e. The average Bonchev–Trinajstić information content (AvgIpc) is 3.44. The molecular formula is C63H47B3N4O5. The van der Waals surface area contributed by atoms with Crippen molar-refractivity contribution >= 4 is 86.4 Å². The van der Waals surface area contributed by atoms with Gasteiger partial charge in [-0.05, 0) is 132 Å². The largest absolute Gasteiger partial charge is 0.458 e. The smallest absolute Gasteiger partial charge is 0.260 e. The van der Waals surface area contributed by atoms with Crippen LogP contribution in [0.2, 0.25) is 0 Å². The van der Waals surface area contributed by atoms with E-state index in [0.717, 1.165) is 77.7 Å². The highest BCUT2D eigenvalue weighted by atomic mass is 16.5. The van der Waals surface area contributed by atoms with Crippen molar-refractivity contribution in [2.24, 2.45) is 0 Å². The third-order valence-electron chi connectivity index (χ3n) is 16.1. The first-order valence-corrected chi connectivity index (χ1v) is 25.6. The predicted octanol–water partition coefficient (Wildman–Crippen LogP) is 9.05. The molecule has 0 radical (unpaired) electrons. The molecule has 6 heterocycles. The Labute approximate surface area is 437 Å². The van der Waals surface area contributed by atoms with Crippen molar-refractivity contribution in [3.8, 4) is 75.7 Å². The molecule has 0 aromatic heterocycles. The summed E-state index contributed by atoms with van der Waals surface area (Å²) in [5.74, 6) is 6.20. The van der Waals surface area contributed by atoms with E-state index in [2.05, 4.69) is 158 Å². The molecule has 75 heavy (non-hydrogen) atoms. The van der Waals surface area contributed by atoms with Crippen molar-refractivity contribution in [2.45, 2.75) is 78.6 Å². The van der Waals surface area contributed by atoms with Crippen LogP contribution in [0.1, 0.15) is 95.7 Å². The standard InChI is InChI=1S/C63H47B3N4O5/c1-61(2,3)36-10-14-39(15-11-36)70-46-28-50-43(26-40(46)64-41-24-37(62(4,5)6)12-16-48(41)71-53-19-33(30-67)18-47(70)58(53)64)66-45-27-44-51(29-52(45)75-57-23-35(32-69)21-55(73-50)60(57)66)74-56-22-34(31-68)20-54-59(56)65(44)42-25-38(63(7,8)9)13-17-49(42)72-54/h10-29H,1-9H3. The highest BCUT2D eigenvalue weighted by molar-refractivity contribution is 7.02. The van der Waals surface area contributed by atoms with Gasteiger partial charge in [0.25, 0.3) is 20.1 Å². The summed E-state index contributed by atoms with van der Waals surface area (Å²) in [4.78, 5) is 2.25. The molecule has 0 N–H and O–H groups in total. The van der Waals surface area contributed by atoms with Gasteiger partial charge in [-0.3, -0.25) is 0 Å². The second-order valence-corrected chi connectivity index (χ2v) is 23.8. The number of nitrogens with zero attached hydrogens (tertiary/aromatic N) is 4. The van der Waals surface area contributed by atoms with Crippen LogP contribution in [0.5, 0.6) is 57.5 Å². The maximum absolute atomic E-state index is 10.6. The van der Waals surface area contributed by atoms with E-state index in [-0.39, 0.29) is 29.7 Å². The molecule has 9 nitrogen and oxygen atoms in total. The van der Waals surface area contributed by atoms with Crippen LogP contribution in [0.4, 0.5) is 17.1 Å². The van der Waals surface area contributed by atoms with Crippen molar-refractivity contribution in [3.05, 3.63) is 155 Å². The van der Waals surface area contributed by atoms with E-state index in [1.54, 1.807) is 18.2 Å². The molecule has 14 rings (SSSR count). The van der Waals surface area contributed by atoms with Crippen LogP contribution in [0.3, 0.4) is 0 Å². The first-order chi connectivity index (χ1) is 35.9. The Balaban J connectivity index is 1.04. The molecular weight excluding hydrogens is 925 g/mol. The number of nitriles is 3. The summed E-state index contributed by atoms with van der Waals surface area (Å²) < 4.78 is 34.4. The predicted molar refractivity (Wildman–Crippen MR) is 298 cm³/mol. The minimum atomic E-state index is -0.408. The van der Waals surface area contributed by atoms with Gasteiger partial charge in [-0.15, -0.1) is 0 Å². The lowest BCUT2D eigenvalue weighted by molar-refractivity contribution is 0.451. The molecule has 0 bridgehead atoms. The second-order valence-electron chi connectivity index (χ2n) is 23.8. The number of rotatable bonds is 1. The lowest BCUT2D eigenvalue weighted by atomic mass is 9.30. The maximum atomic E-state index is 10.6. The van der Waals surface area contributed by atoms with E-state index < -0.39 is 6.71 Å². The van der Waals surface area contributed by atoms with Gasteiger partial charge in [0.1, 0.15) is 57.5 Å². The molecule has 0 saturated carbocycles. The van der Waals surface area contributed by atoms with Gasteiger partial charge >= 0.3 is 0 Å². The molecule has 0 fully saturated rings. The zero-order valence-electron chi connectivity index (χ0n) is 43.1. The molecule has 0 amide bonds. The average molecular weight is 973 g/mol. The molecule has 6 aliphatic heterocycles. The lowest BCUT2D eigenvalue weighted by Crippen LogP contribution is -2.64. The molecule has 6 aliphatic rings. The quantitative estimate of drug-likeness (QED) is 0.149. The molecule has 8 aromatic rings. The van der Waals surface area contributed by atoms with Gasteiger partial charge in [-0.25, -0.2) is 0 Å². The maximum Gasteiger partial charge on any atom is 0.260 e. The Hall–Kier alpha value is -8.78. The molecule has 0 atom stereocenters. The Morgan fingerprint density at radius 2 is 0.693 bits per heavy atom. The summed E-state index contributed by atoms with van der Waals surface area (Å²) in [7, 11) is 0. The topological polar surface area (TPSA) is 121 Å². The highest BCUT2D eigenvalue weighted by Crippen LogP contribution is 2.46.